The Balaban J connectivity index is 1.81. The number of hydrogen-bond donors (Lipinski definition) is 0. The Morgan fingerprint density at radius 1 is 1.15 bits per heavy atom. The highest BCUT2D eigenvalue weighted by Gasteiger charge is 2.28. The number of aromatic nitrogens is 3. The average molecular weight is 352 g/mol. The summed E-state index contributed by atoms with van der Waals surface area (Å²) >= 11 is 0. The fourth-order valence-electron chi connectivity index (χ4n) is 3.19. The molecule has 0 aliphatic carbocycles. The van der Waals surface area contributed by atoms with Gasteiger partial charge in [-0.05, 0) is 39.2 Å². The molecule has 1 amide bonds. The predicted octanol–water partition coefficient (Wildman–Crippen LogP) is 4.13. The van der Waals surface area contributed by atoms with E-state index in [1.54, 1.807) is 11.0 Å². The minimum Gasteiger partial charge on any atom is -0.329 e. The van der Waals surface area contributed by atoms with E-state index in [1.165, 1.54) is 0 Å². The third-order valence-corrected chi connectivity index (χ3v) is 4.74. The molecule has 0 N–H and O–H groups in total. The zero-order valence-corrected chi connectivity index (χ0v) is 15.9. The van der Waals surface area contributed by atoms with Crippen LogP contribution < -0.4 is 0 Å². The van der Waals surface area contributed by atoms with Crippen LogP contribution in [0.1, 0.15) is 62.6 Å². The molecule has 26 heavy (non-hydrogen) atoms. The standard InChI is InChI=1S/C21H28N4O/c1-21(2,3)25-16-22-19(23-25)20(26)24-15-9-5-8-12-18(24)14-13-17-10-6-4-7-11-17/h4,6-7,10-11,13-14,16,18H,5,8-9,12,15H2,1-3H3/b14-13+. The SMILES string of the molecule is CC(C)(C)n1cnc(C(=O)N2CCCCCC2/C=C/c2ccccc2)n1. The molecular weight excluding hydrogens is 324 g/mol. The van der Waals surface area contributed by atoms with Gasteiger partial charge in [0.2, 0.25) is 5.82 Å². The maximum Gasteiger partial charge on any atom is 0.294 e. The van der Waals surface area contributed by atoms with Crippen LogP contribution in [0.5, 0.6) is 0 Å². The molecule has 0 spiro atoms. The van der Waals surface area contributed by atoms with Crippen molar-refractivity contribution in [1.29, 1.82) is 0 Å². The minimum atomic E-state index is -0.184. The van der Waals surface area contributed by atoms with Crippen LogP contribution in [-0.4, -0.2) is 38.2 Å². The molecule has 2 aromatic rings. The highest BCUT2D eigenvalue weighted by molar-refractivity contribution is 5.90. The molecule has 1 unspecified atom stereocenters. The Bertz CT molecular complexity index is 758. The Labute approximate surface area is 155 Å². The third-order valence-electron chi connectivity index (χ3n) is 4.74. The predicted molar refractivity (Wildman–Crippen MR) is 104 cm³/mol. The molecule has 5 heteroatoms. The second-order valence-corrected chi connectivity index (χ2v) is 7.87. The van der Waals surface area contributed by atoms with E-state index in [1.807, 2.05) is 43.9 Å². The van der Waals surface area contributed by atoms with Crippen molar-refractivity contribution in [3.05, 3.63) is 54.1 Å². The summed E-state index contributed by atoms with van der Waals surface area (Å²) < 4.78 is 1.76. The summed E-state index contributed by atoms with van der Waals surface area (Å²) in [5.74, 6) is 0.220. The molecule has 1 fully saturated rings. The van der Waals surface area contributed by atoms with Crippen molar-refractivity contribution in [2.45, 2.75) is 58.0 Å². The molecule has 0 bridgehead atoms. The summed E-state index contributed by atoms with van der Waals surface area (Å²) in [5.41, 5.74) is 0.969. The highest BCUT2D eigenvalue weighted by atomic mass is 16.2. The van der Waals surface area contributed by atoms with Crippen LogP contribution in [0.3, 0.4) is 0 Å². The second kappa shape index (κ2) is 7.85. The van der Waals surface area contributed by atoms with Crippen LogP contribution in [0.2, 0.25) is 0 Å². The van der Waals surface area contributed by atoms with Crippen LogP contribution >= 0.6 is 0 Å². The van der Waals surface area contributed by atoms with Crippen molar-refractivity contribution in [3.63, 3.8) is 0 Å². The van der Waals surface area contributed by atoms with E-state index in [0.29, 0.717) is 5.82 Å². The molecule has 2 heterocycles. The number of carbonyl (C=O) groups is 1. The van der Waals surface area contributed by atoms with Crippen molar-refractivity contribution >= 4 is 12.0 Å². The molecule has 0 radical (unpaired) electrons. The molecule has 1 aromatic carbocycles. The van der Waals surface area contributed by atoms with Crippen molar-refractivity contribution in [1.82, 2.24) is 19.7 Å². The first-order chi connectivity index (χ1) is 12.4. The first-order valence-electron chi connectivity index (χ1n) is 9.41. The zero-order valence-electron chi connectivity index (χ0n) is 15.9. The topological polar surface area (TPSA) is 51.0 Å². The molecule has 138 valence electrons. The van der Waals surface area contributed by atoms with Gasteiger partial charge in [-0.2, -0.15) is 0 Å². The van der Waals surface area contributed by atoms with Gasteiger partial charge < -0.3 is 4.90 Å². The maximum absolute atomic E-state index is 13.1. The molecule has 1 saturated heterocycles. The van der Waals surface area contributed by atoms with Gasteiger partial charge >= 0.3 is 0 Å². The Morgan fingerprint density at radius 3 is 2.62 bits per heavy atom. The fraction of sp³-hybridized carbons (Fsp3) is 0.476. The van der Waals surface area contributed by atoms with Gasteiger partial charge in [-0.25, -0.2) is 9.67 Å². The monoisotopic (exact) mass is 352 g/mol. The van der Waals surface area contributed by atoms with Gasteiger partial charge in [0, 0.05) is 6.54 Å². The molecule has 5 nitrogen and oxygen atoms in total. The number of carbonyl (C=O) groups excluding carboxylic acids is 1. The second-order valence-electron chi connectivity index (χ2n) is 7.87. The van der Waals surface area contributed by atoms with Gasteiger partial charge in [-0.1, -0.05) is 55.3 Å². The number of rotatable bonds is 3. The van der Waals surface area contributed by atoms with Gasteiger partial charge in [0.25, 0.3) is 5.91 Å². The number of nitrogens with zero attached hydrogens (tertiary/aromatic N) is 4. The van der Waals surface area contributed by atoms with Crippen molar-refractivity contribution in [2.75, 3.05) is 6.54 Å². The quantitative estimate of drug-likeness (QED) is 0.834. The summed E-state index contributed by atoms with van der Waals surface area (Å²) in [6.45, 7) is 6.90. The summed E-state index contributed by atoms with van der Waals surface area (Å²) in [4.78, 5) is 19.3. The van der Waals surface area contributed by atoms with Gasteiger partial charge in [-0.15, -0.1) is 5.10 Å². The molecule has 0 saturated carbocycles. The largest absolute Gasteiger partial charge is 0.329 e. The lowest BCUT2D eigenvalue weighted by Gasteiger charge is -2.27. The summed E-state index contributed by atoms with van der Waals surface area (Å²) in [6, 6.07) is 10.3. The summed E-state index contributed by atoms with van der Waals surface area (Å²) in [5, 5.41) is 4.43. The van der Waals surface area contributed by atoms with Crippen molar-refractivity contribution in [3.8, 4) is 0 Å². The number of hydrogen-bond acceptors (Lipinski definition) is 3. The van der Waals surface area contributed by atoms with E-state index in [-0.39, 0.29) is 17.5 Å². The molecule has 1 atom stereocenters. The van der Waals surface area contributed by atoms with Crippen LogP contribution in [0.15, 0.2) is 42.7 Å². The third kappa shape index (κ3) is 4.40. The van der Waals surface area contributed by atoms with Crippen molar-refractivity contribution < 1.29 is 4.79 Å². The average Bonchev–Trinajstić information content (AvgIpc) is 3.01. The maximum atomic E-state index is 13.1. The molecular formula is C21H28N4O. The lowest BCUT2D eigenvalue weighted by molar-refractivity contribution is 0.0705. The smallest absolute Gasteiger partial charge is 0.294 e. The molecule has 3 rings (SSSR count). The van der Waals surface area contributed by atoms with Gasteiger partial charge in [0.15, 0.2) is 0 Å². The van der Waals surface area contributed by atoms with Crippen LogP contribution in [0.4, 0.5) is 0 Å². The van der Waals surface area contributed by atoms with Gasteiger partial charge in [-0.3, -0.25) is 4.79 Å². The number of amides is 1. The van der Waals surface area contributed by atoms with E-state index >= 15 is 0 Å². The highest BCUT2D eigenvalue weighted by Crippen LogP contribution is 2.21. The minimum absolute atomic E-state index is 0.0717. The first kappa shape index (κ1) is 18.4. The Morgan fingerprint density at radius 2 is 1.92 bits per heavy atom. The lowest BCUT2D eigenvalue weighted by Crippen LogP contribution is -2.39. The molecule has 1 aromatic heterocycles. The molecule has 1 aliphatic heterocycles. The fourth-order valence-corrected chi connectivity index (χ4v) is 3.19. The van der Waals surface area contributed by atoms with E-state index in [2.05, 4.69) is 34.4 Å². The van der Waals surface area contributed by atoms with E-state index < -0.39 is 0 Å². The normalized spacial score (nSPS) is 18.9. The van der Waals surface area contributed by atoms with Crippen LogP contribution in [0, 0.1) is 0 Å². The first-order valence-corrected chi connectivity index (χ1v) is 9.41. The molecule has 1 aliphatic rings. The Kier molecular flexibility index (Phi) is 5.55. The lowest BCUT2D eigenvalue weighted by atomic mass is 10.1. The number of likely N-dealkylation sites (tertiary alicyclic amines) is 1. The number of benzene rings is 1. The van der Waals surface area contributed by atoms with E-state index in [4.69, 9.17) is 0 Å². The van der Waals surface area contributed by atoms with Crippen LogP contribution in [0.25, 0.3) is 6.08 Å². The Hall–Kier alpha value is -2.43. The summed E-state index contributed by atoms with van der Waals surface area (Å²) in [7, 11) is 0. The van der Waals surface area contributed by atoms with Crippen molar-refractivity contribution in [2.24, 2.45) is 0 Å². The van der Waals surface area contributed by atoms with Gasteiger partial charge in [0.1, 0.15) is 6.33 Å². The summed E-state index contributed by atoms with van der Waals surface area (Å²) in [6.07, 6.45) is 10.2. The van der Waals surface area contributed by atoms with E-state index in [9.17, 15) is 4.79 Å². The zero-order chi connectivity index (χ0) is 18.6. The van der Waals surface area contributed by atoms with E-state index in [0.717, 1.165) is 37.8 Å². The van der Waals surface area contributed by atoms with Gasteiger partial charge in [0.05, 0.1) is 11.6 Å². The van der Waals surface area contributed by atoms with Crippen LogP contribution in [-0.2, 0) is 5.54 Å².